The van der Waals surface area contributed by atoms with Crippen LogP contribution < -0.4 is 15.4 Å². The van der Waals surface area contributed by atoms with Gasteiger partial charge >= 0.3 is 0 Å². The van der Waals surface area contributed by atoms with E-state index in [2.05, 4.69) is 4.99 Å². The van der Waals surface area contributed by atoms with Gasteiger partial charge in [-0.25, -0.2) is 0 Å². The van der Waals surface area contributed by atoms with Gasteiger partial charge in [-0.1, -0.05) is 23.7 Å². The molecule has 2 aromatic carbocycles. The van der Waals surface area contributed by atoms with Crippen molar-refractivity contribution in [2.45, 2.75) is 6.17 Å². The van der Waals surface area contributed by atoms with E-state index in [1.165, 1.54) is 0 Å². The first-order chi connectivity index (χ1) is 12.2. The third-order valence-corrected chi connectivity index (χ3v) is 4.50. The second kappa shape index (κ2) is 6.27. The monoisotopic (exact) mass is 353 g/mol. The predicted octanol–water partition coefficient (Wildman–Crippen LogP) is 4.50. The van der Waals surface area contributed by atoms with Crippen molar-refractivity contribution in [3.05, 3.63) is 77.0 Å². The number of benzene rings is 2. The summed E-state index contributed by atoms with van der Waals surface area (Å²) < 4.78 is 10.7. The van der Waals surface area contributed by atoms with Gasteiger partial charge in [0.1, 0.15) is 17.8 Å². The molecule has 1 aliphatic heterocycles. The largest absolute Gasteiger partial charge is 0.497 e. The van der Waals surface area contributed by atoms with Gasteiger partial charge in [-0.15, -0.1) is 0 Å². The Labute approximate surface area is 150 Å². The Balaban J connectivity index is 1.88. The highest BCUT2D eigenvalue weighted by atomic mass is 35.5. The van der Waals surface area contributed by atoms with Crippen molar-refractivity contribution in [1.29, 1.82) is 0 Å². The number of fused-ring (bicyclic) bond motifs is 1. The lowest BCUT2D eigenvalue weighted by Gasteiger charge is -2.34. The Kier molecular flexibility index (Phi) is 3.95. The molecule has 1 aliphatic rings. The number of rotatable bonds is 3. The lowest BCUT2D eigenvalue weighted by Crippen LogP contribution is -2.42. The van der Waals surface area contributed by atoms with Gasteiger partial charge in [-0.3, -0.25) is 0 Å². The fourth-order valence-corrected chi connectivity index (χ4v) is 3.13. The maximum Gasteiger partial charge on any atom is 0.227 e. The van der Waals surface area contributed by atoms with E-state index in [-0.39, 0.29) is 0 Å². The van der Waals surface area contributed by atoms with Crippen molar-refractivity contribution >= 4 is 29.0 Å². The quantitative estimate of drug-likeness (QED) is 0.753. The topological polar surface area (TPSA) is 64.0 Å². The fourth-order valence-electron chi connectivity index (χ4n) is 2.91. The van der Waals surface area contributed by atoms with Crippen molar-refractivity contribution in [3.8, 4) is 5.75 Å². The number of halogens is 1. The summed E-state index contributed by atoms with van der Waals surface area (Å²) in [4.78, 5) is 6.61. The Bertz CT molecular complexity index is 934. The van der Waals surface area contributed by atoms with Gasteiger partial charge in [0, 0.05) is 11.3 Å². The van der Waals surface area contributed by atoms with Gasteiger partial charge < -0.3 is 19.8 Å². The molecule has 2 N–H and O–H groups in total. The van der Waals surface area contributed by atoms with E-state index in [0.717, 1.165) is 22.6 Å². The highest BCUT2D eigenvalue weighted by molar-refractivity contribution is 6.35. The normalized spacial score (nSPS) is 16.4. The Morgan fingerprint density at radius 3 is 2.60 bits per heavy atom. The average Bonchev–Trinajstić information content (AvgIpc) is 3.11. The van der Waals surface area contributed by atoms with Crippen molar-refractivity contribution in [3.63, 3.8) is 0 Å². The van der Waals surface area contributed by atoms with E-state index in [0.29, 0.717) is 16.7 Å². The van der Waals surface area contributed by atoms with Crippen molar-refractivity contribution in [2.24, 2.45) is 10.7 Å². The second-order valence-electron chi connectivity index (χ2n) is 5.61. The molecule has 4 rings (SSSR count). The van der Waals surface area contributed by atoms with Crippen LogP contribution in [0.1, 0.15) is 17.3 Å². The first-order valence-corrected chi connectivity index (χ1v) is 8.16. The van der Waals surface area contributed by atoms with Crippen molar-refractivity contribution < 1.29 is 9.15 Å². The number of hydrogen-bond acceptors (Lipinski definition) is 5. The van der Waals surface area contributed by atoms with Crippen LogP contribution in [-0.2, 0) is 0 Å². The van der Waals surface area contributed by atoms with E-state index in [9.17, 15) is 0 Å². The number of hydrogen-bond donors (Lipinski definition) is 1. The highest BCUT2D eigenvalue weighted by Crippen LogP contribution is 2.38. The van der Waals surface area contributed by atoms with E-state index >= 15 is 0 Å². The van der Waals surface area contributed by atoms with Gasteiger partial charge in [-0.2, -0.15) is 4.99 Å². The Hall–Kier alpha value is -2.76. The van der Waals surface area contributed by atoms with Crippen LogP contribution in [0.2, 0.25) is 5.02 Å². The molecule has 0 radical (unpaired) electrons. The molecule has 3 aromatic rings. The number of furan rings is 1. The molecule has 0 saturated carbocycles. The van der Waals surface area contributed by atoms with Gasteiger partial charge in [-0.05, 0) is 42.5 Å². The lowest BCUT2D eigenvalue weighted by atomic mass is 10.1. The minimum atomic E-state index is -0.439. The van der Waals surface area contributed by atoms with Crippen molar-refractivity contribution in [1.82, 2.24) is 0 Å². The van der Waals surface area contributed by atoms with Crippen LogP contribution >= 0.6 is 11.6 Å². The standard InChI is InChI=1S/C19H16ClN3O2/c1-24-13-8-6-12(7-9-13)23-17(21)15-10-11-25-19(15)22-18(23)14-4-2-3-5-16(14)20/h2-11,17H,21H2,1H3. The molecule has 1 unspecified atom stereocenters. The molecule has 25 heavy (non-hydrogen) atoms. The number of nitrogens with zero attached hydrogens (tertiary/aromatic N) is 2. The zero-order chi connectivity index (χ0) is 17.4. The van der Waals surface area contributed by atoms with Crippen LogP contribution in [0.3, 0.4) is 0 Å². The zero-order valence-electron chi connectivity index (χ0n) is 13.5. The van der Waals surface area contributed by atoms with Crippen LogP contribution in [0.5, 0.6) is 5.75 Å². The van der Waals surface area contributed by atoms with E-state index in [4.69, 9.17) is 26.5 Å². The molecule has 2 heterocycles. The number of amidine groups is 1. The van der Waals surface area contributed by atoms with Gasteiger partial charge in [0.15, 0.2) is 0 Å². The predicted molar refractivity (Wildman–Crippen MR) is 98.8 cm³/mol. The number of aliphatic imine (C=N–C) groups is 1. The summed E-state index contributed by atoms with van der Waals surface area (Å²) >= 11 is 6.41. The second-order valence-corrected chi connectivity index (χ2v) is 6.02. The summed E-state index contributed by atoms with van der Waals surface area (Å²) in [5.41, 5.74) is 9.03. The van der Waals surface area contributed by atoms with Crippen LogP contribution in [0.25, 0.3) is 0 Å². The summed E-state index contributed by atoms with van der Waals surface area (Å²) in [6.07, 6.45) is 1.15. The summed E-state index contributed by atoms with van der Waals surface area (Å²) in [6.45, 7) is 0. The first-order valence-electron chi connectivity index (χ1n) is 7.79. The molecular weight excluding hydrogens is 338 g/mol. The first kappa shape index (κ1) is 15.7. The van der Waals surface area contributed by atoms with E-state index < -0.39 is 6.17 Å². The average molecular weight is 354 g/mol. The SMILES string of the molecule is COc1ccc(N2C(c3ccccc3Cl)=Nc3occc3C2N)cc1. The minimum absolute atomic E-state index is 0.439. The number of nitrogens with two attached hydrogens (primary N) is 1. The molecule has 0 amide bonds. The molecule has 0 bridgehead atoms. The van der Waals surface area contributed by atoms with Crippen LogP contribution in [0.15, 0.2) is 70.3 Å². The summed E-state index contributed by atoms with van der Waals surface area (Å²) in [7, 11) is 1.63. The third kappa shape index (κ3) is 2.67. The van der Waals surface area contributed by atoms with Crippen molar-refractivity contribution in [2.75, 3.05) is 12.0 Å². The molecule has 5 nitrogen and oxygen atoms in total. The van der Waals surface area contributed by atoms with Gasteiger partial charge in [0.05, 0.1) is 24.0 Å². The third-order valence-electron chi connectivity index (χ3n) is 4.17. The number of ether oxygens (including phenoxy) is 1. The molecule has 0 aliphatic carbocycles. The minimum Gasteiger partial charge on any atom is -0.497 e. The number of methoxy groups -OCH3 is 1. The summed E-state index contributed by atoms with van der Waals surface area (Å²) in [5, 5.41) is 0.599. The molecule has 0 saturated heterocycles. The zero-order valence-corrected chi connectivity index (χ0v) is 14.3. The fraction of sp³-hybridized carbons (Fsp3) is 0.105. The summed E-state index contributed by atoms with van der Waals surface area (Å²) in [6, 6.07) is 17.0. The maximum absolute atomic E-state index is 6.53. The van der Waals surface area contributed by atoms with E-state index in [1.54, 1.807) is 13.4 Å². The number of anilines is 1. The van der Waals surface area contributed by atoms with Gasteiger partial charge in [0.25, 0.3) is 0 Å². The Morgan fingerprint density at radius 2 is 1.88 bits per heavy atom. The molecule has 1 aromatic heterocycles. The smallest absolute Gasteiger partial charge is 0.227 e. The molecule has 1 atom stereocenters. The van der Waals surface area contributed by atoms with Gasteiger partial charge in [0.2, 0.25) is 5.88 Å². The lowest BCUT2D eigenvalue weighted by molar-refractivity contribution is 0.415. The van der Waals surface area contributed by atoms with Crippen LogP contribution in [0.4, 0.5) is 11.6 Å². The molecule has 6 heteroatoms. The summed E-state index contributed by atoms with van der Waals surface area (Å²) in [5.74, 6) is 1.92. The molecule has 0 spiro atoms. The highest BCUT2D eigenvalue weighted by Gasteiger charge is 2.32. The molecular formula is C19H16ClN3O2. The van der Waals surface area contributed by atoms with E-state index in [1.807, 2.05) is 59.5 Å². The maximum atomic E-state index is 6.53. The van der Waals surface area contributed by atoms with Crippen LogP contribution in [-0.4, -0.2) is 12.9 Å². The molecule has 0 fully saturated rings. The molecule has 126 valence electrons. The Morgan fingerprint density at radius 1 is 1.12 bits per heavy atom. The van der Waals surface area contributed by atoms with Crippen LogP contribution in [0, 0.1) is 0 Å².